The van der Waals surface area contributed by atoms with Gasteiger partial charge in [-0.25, -0.2) is 9.37 Å². The van der Waals surface area contributed by atoms with Crippen molar-refractivity contribution in [2.45, 2.75) is 13.1 Å². The molecule has 0 saturated heterocycles. The SMILES string of the molecule is CCOc1nc(Nc2ccccc2F)ncc1C(F)(F)F. The van der Waals surface area contributed by atoms with E-state index in [4.69, 9.17) is 4.74 Å². The van der Waals surface area contributed by atoms with E-state index in [1.54, 1.807) is 6.07 Å². The van der Waals surface area contributed by atoms with Crippen LogP contribution in [-0.4, -0.2) is 16.6 Å². The first-order valence-electron chi connectivity index (χ1n) is 6.00. The molecule has 2 aromatic rings. The largest absolute Gasteiger partial charge is 0.477 e. The van der Waals surface area contributed by atoms with Crippen molar-refractivity contribution in [2.75, 3.05) is 11.9 Å². The van der Waals surface area contributed by atoms with Gasteiger partial charge in [0.25, 0.3) is 0 Å². The Hall–Kier alpha value is -2.38. The number of nitrogens with zero attached hydrogens (tertiary/aromatic N) is 2. The summed E-state index contributed by atoms with van der Waals surface area (Å²) >= 11 is 0. The smallest absolute Gasteiger partial charge is 0.423 e. The summed E-state index contributed by atoms with van der Waals surface area (Å²) in [6.45, 7) is 1.55. The highest BCUT2D eigenvalue weighted by atomic mass is 19.4. The van der Waals surface area contributed by atoms with Crippen LogP contribution < -0.4 is 10.1 Å². The minimum atomic E-state index is -4.62. The fourth-order valence-corrected chi connectivity index (χ4v) is 1.55. The molecule has 1 aromatic heterocycles. The van der Waals surface area contributed by atoms with Gasteiger partial charge in [0.05, 0.1) is 12.3 Å². The number of para-hydroxylation sites is 1. The molecule has 4 nitrogen and oxygen atoms in total. The van der Waals surface area contributed by atoms with Crippen LogP contribution in [0.5, 0.6) is 5.88 Å². The molecule has 0 aliphatic heterocycles. The van der Waals surface area contributed by atoms with Crippen molar-refractivity contribution >= 4 is 11.6 Å². The van der Waals surface area contributed by atoms with Gasteiger partial charge < -0.3 is 10.1 Å². The van der Waals surface area contributed by atoms with Crippen LogP contribution in [0, 0.1) is 5.82 Å². The van der Waals surface area contributed by atoms with Crippen molar-refractivity contribution in [3.63, 3.8) is 0 Å². The topological polar surface area (TPSA) is 47.0 Å². The number of rotatable bonds is 4. The normalized spacial score (nSPS) is 11.3. The van der Waals surface area contributed by atoms with E-state index < -0.39 is 23.4 Å². The average molecular weight is 301 g/mol. The van der Waals surface area contributed by atoms with Crippen LogP contribution >= 0.6 is 0 Å². The van der Waals surface area contributed by atoms with Crippen molar-refractivity contribution in [2.24, 2.45) is 0 Å². The van der Waals surface area contributed by atoms with Gasteiger partial charge in [0.1, 0.15) is 11.4 Å². The summed E-state index contributed by atoms with van der Waals surface area (Å²) in [5, 5.41) is 2.51. The van der Waals surface area contributed by atoms with Crippen LogP contribution in [0.1, 0.15) is 12.5 Å². The zero-order chi connectivity index (χ0) is 15.5. The summed E-state index contributed by atoms with van der Waals surface area (Å²) in [7, 11) is 0. The molecule has 0 spiro atoms. The second-order valence-corrected chi connectivity index (χ2v) is 3.95. The Bertz CT molecular complexity index is 631. The van der Waals surface area contributed by atoms with Gasteiger partial charge in [-0.1, -0.05) is 12.1 Å². The molecular formula is C13H11F4N3O. The highest BCUT2D eigenvalue weighted by molar-refractivity contribution is 5.54. The summed E-state index contributed by atoms with van der Waals surface area (Å²) in [6.07, 6.45) is -4.03. The number of aromatic nitrogens is 2. The Labute approximate surface area is 117 Å². The molecule has 1 N–H and O–H groups in total. The lowest BCUT2D eigenvalue weighted by molar-refractivity contribution is -0.139. The lowest BCUT2D eigenvalue weighted by Gasteiger charge is -2.13. The van der Waals surface area contributed by atoms with E-state index in [9.17, 15) is 17.6 Å². The molecular weight excluding hydrogens is 290 g/mol. The maximum Gasteiger partial charge on any atom is 0.423 e. The third-order valence-electron chi connectivity index (χ3n) is 2.46. The summed E-state index contributed by atoms with van der Waals surface area (Å²) < 4.78 is 56.6. The van der Waals surface area contributed by atoms with Crippen molar-refractivity contribution in [3.8, 4) is 5.88 Å². The van der Waals surface area contributed by atoms with E-state index in [2.05, 4.69) is 15.3 Å². The van der Waals surface area contributed by atoms with Crippen LogP contribution in [0.25, 0.3) is 0 Å². The number of alkyl halides is 3. The zero-order valence-electron chi connectivity index (χ0n) is 10.9. The summed E-state index contributed by atoms with van der Waals surface area (Å²) in [5.41, 5.74) is -1.02. The van der Waals surface area contributed by atoms with Crippen LogP contribution in [-0.2, 0) is 6.18 Å². The number of benzene rings is 1. The Kier molecular flexibility index (Phi) is 4.25. The molecule has 0 amide bonds. The lowest BCUT2D eigenvalue weighted by Crippen LogP contribution is -2.12. The maximum atomic E-state index is 13.5. The highest BCUT2D eigenvalue weighted by Gasteiger charge is 2.36. The van der Waals surface area contributed by atoms with Gasteiger partial charge in [-0.15, -0.1) is 0 Å². The Morgan fingerprint density at radius 2 is 1.95 bits per heavy atom. The molecule has 112 valence electrons. The number of nitrogens with one attached hydrogen (secondary N) is 1. The summed E-state index contributed by atoms with van der Waals surface area (Å²) in [6, 6.07) is 5.67. The Balaban J connectivity index is 2.34. The van der Waals surface area contributed by atoms with E-state index in [1.807, 2.05) is 0 Å². The van der Waals surface area contributed by atoms with Gasteiger partial charge >= 0.3 is 6.18 Å². The molecule has 8 heteroatoms. The third-order valence-corrected chi connectivity index (χ3v) is 2.46. The van der Waals surface area contributed by atoms with Gasteiger partial charge in [-0.2, -0.15) is 18.2 Å². The summed E-state index contributed by atoms with van der Waals surface area (Å²) in [5.74, 6) is -1.35. The van der Waals surface area contributed by atoms with E-state index in [0.717, 1.165) is 0 Å². The van der Waals surface area contributed by atoms with E-state index in [0.29, 0.717) is 6.20 Å². The quantitative estimate of drug-likeness (QED) is 0.873. The van der Waals surface area contributed by atoms with Crippen LogP contribution in [0.15, 0.2) is 30.5 Å². The van der Waals surface area contributed by atoms with Crippen LogP contribution in [0.2, 0.25) is 0 Å². The number of hydrogen-bond acceptors (Lipinski definition) is 4. The minimum Gasteiger partial charge on any atom is -0.477 e. The van der Waals surface area contributed by atoms with Gasteiger partial charge in [0.15, 0.2) is 0 Å². The van der Waals surface area contributed by atoms with Crippen molar-refractivity contribution in [1.82, 2.24) is 9.97 Å². The van der Waals surface area contributed by atoms with Crippen LogP contribution in [0.3, 0.4) is 0 Å². The standard InChI is InChI=1S/C13H11F4N3O/c1-2-21-11-8(13(15,16)17)7-18-12(20-11)19-10-6-4-3-5-9(10)14/h3-7H,2H2,1H3,(H,18,19,20). The molecule has 1 heterocycles. The minimum absolute atomic E-state index is 0.0131. The first-order valence-corrected chi connectivity index (χ1v) is 6.00. The molecule has 2 rings (SSSR count). The number of halogens is 4. The molecule has 1 aromatic carbocycles. The number of ether oxygens (including phenoxy) is 1. The summed E-state index contributed by atoms with van der Waals surface area (Å²) in [4.78, 5) is 7.17. The Morgan fingerprint density at radius 3 is 2.57 bits per heavy atom. The molecule has 0 radical (unpaired) electrons. The fraction of sp³-hybridized carbons (Fsp3) is 0.231. The average Bonchev–Trinajstić information content (AvgIpc) is 2.41. The number of anilines is 2. The number of hydrogen-bond donors (Lipinski definition) is 1. The van der Waals surface area contributed by atoms with Crippen molar-refractivity contribution in [1.29, 1.82) is 0 Å². The van der Waals surface area contributed by atoms with E-state index in [-0.39, 0.29) is 18.2 Å². The van der Waals surface area contributed by atoms with Gasteiger partial charge in [-0.3, -0.25) is 0 Å². The second-order valence-electron chi connectivity index (χ2n) is 3.95. The molecule has 0 aliphatic rings. The molecule has 0 unspecified atom stereocenters. The molecule has 21 heavy (non-hydrogen) atoms. The monoisotopic (exact) mass is 301 g/mol. The Morgan fingerprint density at radius 1 is 1.24 bits per heavy atom. The first kappa shape index (κ1) is 15.0. The van der Waals surface area contributed by atoms with Crippen molar-refractivity contribution < 1.29 is 22.3 Å². The van der Waals surface area contributed by atoms with E-state index >= 15 is 0 Å². The first-order chi connectivity index (χ1) is 9.91. The molecule has 0 saturated carbocycles. The highest BCUT2D eigenvalue weighted by Crippen LogP contribution is 2.35. The molecule has 0 fully saturated rings. The molecule has 0 bridgehead atoms. The third kappa shape index (κ3) is 3.59. The predicted molar refractivity (Wildman–Crippen MR) is 67.9 cm³/mol. The maximum absolute atomic E-state index is 13.5. The van der Waals surface area contributed by atoms with Gasteiger partial charge in [0.2, 0.25) is 11.8 Å². The second kappa shape index (κ2) is 5.94. The zero-order valence-corrected chi connectivity index (χ0v) is 10.9. The van der Waals surface area contributed by atoms with Crippen LogP contribution in [0.4, 0.5) is 29.2 Å². The van der Waals surface area contributed by atoms with Gasteiger partial charge in [0, 0.05) is 6.20 Å². The fourth-order valence-electron chi connectivity index (χ4n) is 1.55. The predicted octanol–water partition coefficient (Wildman–Crippen LogP) is 3.78. The lowest BCUT2D eigenvalue weighted by atomic mass is 10.3. The molecule has 0 aliphatic carbocycles. The van der Waals surface area contributed by atoms with Gasteiger partial charge in [-0.05, 0) is 19.1 Å². The van der Waals surface area contributed by atoms with E-state index in [1.165, 1.54) is 25.1 Å². The van der Waals surface area contributed by atoms with Crippen molar-refractivity contribution in [3.05, 3.63) is 41.8 Å². The molecule has 0 atom stereocenters.